The fraction of sp³-hybridized carbons (Fsp3) is 0.364. The van der Waals surface area contributed by atoms with Crippen molar-refractivity contribution in [3.8, 4) is 0 Å². The number of rotatable bonds is 5. The van der Waals surface area contributed by atoms with Gasteiger partial charge < -0.3 is 10.1 Å². The lowest BCUT2D eigenvalue weighted by molar-refractivity contribution is 0.0936. The highest BCUT2D eigenvalue weighted by atomic mass is 35.5. The number of ether oxygens (including phenoxy) is 1. The highest BCUT2D eigenvalue weighted by Gasteiger charge is 2.19. The highest BCUT2D eigenvalue weighted by molar-refractivity contribution is 7.89. The summed E-state index contributed by atoms with van der Waals surface area (Å²) in [6.07, 6.45) is 0. The van der Waals surface area contributed by atoms with E-state index in [1.54, 1.807) is 0 Å². The molecule has 1 aromatic rings. The van der Waals surface area contributed by atoms with Gasteiger partial charge in [0.15, 0.2) is 0 Å². The maximum absolute atomic E-state index is 11.9. The molecule has 0 aliphatic rings. The van der Waals surface area contributed by atoms with Gasteiger partial charge in [0.2, 0.25) is 10.0 Å². The van der Waals surface area contributed by atoms with Gasteiger partial charge in [0, 0.05) is 24.2 Å². The van der Waals surface area contributed by atoms with Crippen molar-refractivity contribution < 1.29 is 17.9 Å². The van der Waals surface area contributed by atoms with Crippen molar-refractivity contribution >= 4 is 27.5 Å². The van der Waals surface area contributed by atoms with Crippen LogP contribution in [0.15, 0.2) is 17.0 Å². The lowest BCUT2D eigenvalue weighted by Gasteiger charge is -2.11. The van der Waals surface area contributed by atoms with Crippen molar-refractivity contribution in [2.45, 2.75) is 11.8 Å². The van der Waals surface area contributed by atoms with Crippen LogP contribution < -0.4 is 10.5 Å². The van der Waals surface area contributed by atoms with Gasteiger partial charge in [-0.25, -0.2) is 13.6 Å². The van der Waals surface area contributed by atoms with Crippen molar-refractivity contribution in [3.63, 3.8) is 0 Å². The first-order valence-electron chi connectivity index (χ1n) is 5.37. The summed E-state index contributed by atoms with van der Waals surface area (Å²) in [5.41, 5.74) is 0.439. The molecule has 0 aromatic heterocycles. The fourth-order valence-corrected chi connectivity index (χ4v) is 2.66. The Kier molecular flexibility index (Phi) is 5.30. The van der Waals surface area contributed by atoms with Gasteiger partial charge in [0.1, 0.15) is 0 Å². The summed E-state index contributed by atoms with van der Waals surface area (Å²) >= 11 is 5.81. The van der Waals surface area contributed by atoms with Gasteiger partial charge in [0.25, 0.3) is 5.91 Å². The Morgan fingerprint density at radius 3 is 2.63 bits per heavy atom. The lowest BCUT2D eigenvalue weighted by atomic mass is 10.1. The Balaban J connectivity index is 3.15. The van der Waals surface area contributed by atoms with E-state index in [-0.39, 0.29) is 21.0 Å². The molecule has 0 saturated heterocycles. The summed E-state index contributed by atoms with van der Waals surface area (Å²) in [5.74, 6) is -0.429. The van der Waals surface area contributed by atoms with Crippen LogP contribution in [-0.2, 0) is 14.8 Å². The molecule has 1 rings (SSSR count). The van der Waals surface area contributed by atoms with Crippen LogP contribution in [0.3, 0.4) is 0 Å². The molecule has 19 heavy (non-hydrogen) atoms. The second-order valence-corrected chi connectivity index (χ2v) is 5.84. The van der Waals surface area contributed by atoms with Crippen LogP contribution in [0, 0.1) is 6.92 Å². The molecule has 0 fully saturated rings. The number of carbonyl (C=O) groups excluding carboxylic acids is 1. The molecule has 0 saturated carbocycles. The van der Waals surface area contributed by atoms with Crippen LogP contribution >= 0.6 is 11.6 Å². The SMILES string of the molecule is COCCNC(=O)c1cc(Cl)cc(S(N)(=O)=O)c1C. The van der Waals surface area contributed by atoms with Crippen LogP contribution in [-0.4, -0.2) is 34.6 Å². The lowest BCUT2D eigenvalue weighted by Crippen LogP contribution is -2.28. The normalized spacial score (nSPS) is 11.4. The van der Waals surface area contributed by atoms with Gasteiger partial charge in [-0.15, -0.1) is 0 Å². The maximum atomic E-state index is 11.9. The minimum absolute atomic E-state index is 0.131. The predicted molar refractivity (Wildman–Crippen MR) is 71.8 cm³/mol. The number of nitrogens with one attached hydrogen (secondary N) is 1. The molecule has 0 bridgehead atoms. The monoisotopic (exact) mass is 306 g/mol. The van der Waals surface area contributed by atoms with Crippen LogP contribution in [0.4, 0.5) is 0 Å². The molecule has 106 valence electrons. The van der Waals surface area contributed by atoms with E-state index in [4.69, 9.17) is 21.5 Å². The van der Waals surface area contributed by atoms with Crippen molar-refractivity contribution in [3.05, 3.63) is 28.3 Å². The third-order valence-electron chi connectivity index (χ3n) is 2.47. The molecule has 0 spiro atoms. The first-order valence-corrected chi connectivity index (χ1v) is 7.30. The summed E-state index contributed by atoms with van der Waals surface area (Å²) in [5, 5.41) is 7.80. The van der Waals surface area contributed by atoms with Crippen LogP contribution in [0.5, 0.6) is 0 Å². The zero-order valence-electron chi connectivity index (χ0n) is 10.6. The Bertz CT molecular complexity index is 587. The summed E-state index contributed by atoms with van der Waals surface area (Å²) in [6, 6.07) is 2.62. The van der Waals surface area contributed by atoms with Gasteiger partial charge in [-0.05, 0) is 24.6 Å². The molecule has 0 heterocycles. The van der Waals surface area contributed by atoms with E-state index in [2.05, 4.69) is 5.32 Å². The molecule has 3 N–H and O–H groups in total. The topological polar surface area (TPSA) is 98.5 Å². The highest BCUT2D eigenvalue weighted by Crippen LogP contribution is 2.23. The summed E-state index contributed by atoms with van der Waals surface area (Å²) < 4.78 is 27.6. The average molecular weight is 307 g/mol. The van der Waals surface area contributed by atoms with Crippen LogP contribution in [0.1, 0.15) is 15.9 Å². The first-order chi connectivity index (χ1) is 8.77. The molecular formula is C11H15ClN2O4S. The van der Waals surface area contributed by atoms with Crippen LogP contribution in [0.25, 0.3) is 0 Å². The first kappa shape index (κ1) is 15.9. The van der Waals surface area contributed by atoms with Gasteiger partial charge in [-0.3, -0.25) is 4.79 Å². The van der Waals surface area contributed by atoms with Gasteiger partial charge in [0.05, 0.1) is 11.5 Å². The molecule has 8 heteroatoms. The van der Waals surface area contributed by atoms with E-state index in [1.165, 1.54) is 26.2 Å². The number of carbonyl (C=O) groups is 1. The van der Waals surface area contributed by atoms with Crippen LogP contribution in [0.2, 0.25) is 5.02 Å². The number of nitrogens with two attached hydrogens (primary N) is 1. The summed E-state index contributed by atoms with van der Waals surface area (Å²) in [4.78, 5) is 11.8. The van der Waals surface area contributed by atoms with Gasteiger partial charge in [-0.2, -0.15) is 0 Å². The molecule has 1 aromatic carbocycles. The van der Waals surface area contributed by atoms with Crippen molar-refractivity contribution in [2.24, 2.45) is 5.14 Å². The third-order valence-corrected chi connectivity index (χ3v) is 3.72. The Morgan fingerprint density at radius 1 is 1.47 bits per heavy atom. The largest absolute Gasteiger partial charge is 0.383 e. The molecule has 1 amide bonds. The number of halogens is 1. The van der Waals surface area contributed by atoms with E-state index < -0.39 is 15.9 Å². The van der Waals surface area contributed by atoms with Gasteiger partial charge in [-0.1, -0.05) is 11.6 Å². The second-order valence-electron chi connectivity index (χ2n) is 3.87. The number of benzene rings is 1. The molecule has 0 aliphatic carbocycles. The number of primary sulfonamides is 1. The third kappa shape index (κ3) is 4.17. The number of sulfonamides is 1. The molecule has 0 aliphatic heterocycles. The minimum Gasteiger partial charge on any atom is -0.383 e. The number of methoxy groups -OCH3 is 1. The zero-order chi connectivity index (χ0) is 14.6. The molecule has 0 unspecified atom stereocenters. The fourth-order valence-electron chi connectivity index (χ4n) is 1.55. The zero-order valence-corrected chi connectivity index (χ0v) is 12.1. The minimum atomic E-state index is -3.93. The Morgan fingerprint density at radius 2 is 2.11 bits per heavy atom. The Labute approximate surface area is 116 Å². The van der Waals surface area contributed by atoms with Gasteiger partial charge >= 0.3 is 0 Å². The standard InChI is InChI=1S/C11H15ClN2O4S/c1-7-9(11(15)14-3-4-18-2)5-8(12)6-10(7)19(13,16)17/h5-6H,3-4H2,1-2H3,(H,14,15)(H2,13,16,17). The maximum Gasteiger partial charge on any atom is 0.251 e. The van der Waals surface area contributed by atoms with E-state index in [9.17, 15) is 13.2 Å². The summed E-state index contributed by atoms with van der Waals surface area (Å²) in [7, 11) is -2.42. The van der Waals surface area contributed by atoms with Crippen molar-refractivity contribution in [2.75, 3.05) is 20.3 Å². The molecule has 6 nitrogen and oxygen atoms in total. The predicted octanol–water partition coefficient (Wildman–Crippen LogP) is 0.672. The van der Waals surface area contributed by atoms with E-state index >= 15 is 0 Å². The van der Waals surface area contributed by atoms with Crippen molar-refractivity contribution in [1.29, 1.82) is 0 Å². The Hall–Kier alpha value is -1.15. The number of amides is 1. The summed E-state index contributed by atoms with van der Waals surface area (Å²) in [6.45, 7) is 2.17. The molecule has 0 radical (unpaired) electrons. The second kappa shape index (κ2) is 6.33. The molecular weight excluding hydrogens is 292 g/mol. The van der Waals surface area contributed by atoms with E-state index in [0.717, 1.165) is 0 Å². The quantitative estimate of drug-likeness (QED) is 0.781. The average Bonchev–Trinajstić information content (AvgIpc) is 2.30. The smallest absolute Gasteiger partial charge is 0.251 e. The molecule has 0 atom stereocenters. The number of hydrogen-bond acceptors (Lipinski definition) is 4. The number of hydrogen-bond donors (Lipinski definition) is 2. The van der Waals surface area contributed by atoms with E-state index in [0.29, 0.717) is 13.2 Å². The van der Waals surface area contributed by atoms with E-state index in [1.807, 2.05) is 0 Å². The van der Waals surface area contributed by atoms with Crippen molar-refractivity contribution in [1.82, 2.24) is 5.32 Å².